The summed E-state index contributed by atoms with van der Waals surface area (Å²) < 4.78 is 0. The first-order valence-electron chi connectivity index (χ1n) is 7.76. The minimum atomic E-state index is -0.0725. The molecule has 0 bridgehead atoms. The van der Waals surface area contributed by atoms with Crippen LogP contribution in [-0.4, -0.2) is 23.7 Å². The number of rotatable bonds is 4. The maximum atomic E-state index is 10.8. The number of aliphatic imine (C=N–C) groups is 1. The maximum absolute atomic E-state index is 10.8. The van der Waals surface area contributed by atoms with Crippen LogP contribution < -0.4 is 0 Å². The van der Waals surface area contributed by atoms with E-state index in [-0.39, 0.29) is 6.17 Å². The van der Waals surface area contributed by atoms with Crippen LogP contribution in [0.4, 0.5) is 0 Å². The van der Waals surface area contributed by atoms with Crippen molar-refractivity contribution < 1.29 is 4.79 Å². The number of likely N-dealkylation sites (tertiary alicyclic amines) is 1. The lowest BCUT2D eigenvalue weighted by atomic mass is 9.87. The van der Waals surface area contributed by atoms with Gasteiger partial charge in [0.1, 0.15) is 6.17 Å². The van der Waals surface area contributed by atoms with Gasteiger partial charge in [0.25, 0.3) is 0 Å². The zero-order valence-corrected chi connectivity index (χ0v) is 12.6. The molecule has 0 N–H and O–H groups in total. The van der Waals surface area contributed by atoms with Gasteiger partial charge < -0.3 is 0 Å². The van der Waals surface area contributed by atoms with E-state index in [0.717, 1.165) is 25.9 Å². The fraction of sp³-hybridized carbons (Fsp3) is 0.316. The van der Waals surface area contributed by atoms with E-state index in [1.54, 1.807) is 6.08 Å². The largest absolute Gasteiger partial charge is 0.277 e. The van der Waals surface area contributed by atoms with Crippen LogP contribution in [0.3, 0.4) is 0 Å². The molecule has 1 heterocycles. The molecule has 0 amide bonds. The van der Waals surface area contributed by atoms with Gasteiger partial charge in [0.15, 0.2) is 0 Å². The monoisotopic (exact) mass is 292 g/mol. The molecule has 1 fully saturated rings. The Kier molecular flexibility index (Phi) is 4.79. The zero-order valence-electron chi connectivity index (χ0n) is 12.6. The quantitative estimate of drug-likeness (QED) is 0.635. The molecule has 0 aliphatic carbocycles. The predicted octanol–water partition coefficient (Wildman–Crippen LogP) is 3.73. The standard InChI is InChI=1S/C19H20N2O/c22-15-20-19-13-18(17-9-5-2-6-10-17)11-12-21(19)14-16-7-3-1-4-8-16/h1-10,18-19H,11-14H2. The molecule has 3 nitrogen and oxygen atoms in total. The van der Waals surface area contributed by atoms with Gasteiger partial charge in [0.2, 0.25) is 6.08 Å². The van der Waals surface area contributed by atoms with E-state index in [4.69, 9.17) is 0 Å². The van der Waals surface area contributed by atoms with Gasteiger partial charge in [-0.3, -0.25) is 4.90 Å². The normalized spacial score (nSPS) is 22.0. The molecule has 2 unspecified atom stereocenters. The number of carbonyl (C=O) groups excluding carboxylic acids is 1. The highest BCUT2D eigenvalue weighted by Gasteiger charge is 2.29. The van der Waals surface area contributed by atoms with E-state index in [0.29, 0.717) is 5.92 Å². The zero-order chi connectivity index (χ0) is 15.2. The third kappa shape index (κ3) is 3.51. The van der Waals surface area contributed by atoms with Gasteiger partial charge in [-0.15, -0.1) is 0 Å². The lowest BCUT2D eigenvalue weighted by Crippen LogP contribution is -2.40. The SMILES string of the molecule is O=C=NC1CC(c2ccccc2)CCN1Cc1ccccc1. The lowest BCUT2D eigenvalue weighted by Gasteiger charge is -2.36. The Morgan fingerprint density at radius 3 is 2.41 bits per heavy atom. The van der Waals surface area contributed by atoms with Gasteiger partial charge >= 0.3 is 0 Å². The summed E-state index contributed by atoms with van der Waals surface area (Å²) in [6.07, 6.45) is 3.67. The van der Waals surface area contributed by atoms with Crippen molar-refractivity contribution in [1.29, 1.82) is 0 Å². The van der Waals surface area contributed by atoms with E-state index in [1.807, 2.05) is 24.3 Å². The Labute approximate surface area is 131 Å². The molecule has 1 aliphatic rings. The van der Waals surface area contributed by atoms with E-state index in [2.05, 4.69) is 46.3 Å². The van der Waals surface area contributed by atoms with Crippen LogP contribution >= 0.6 is 0 Å². The molecule has 2 aromatic carbocycles. The average molecular weight is 292 g/mol. The summed E-state index contributed by atoms with van der Waals surface area (Å²) in [7, 11) is 0. The Hall–Kier alpha value is -2.22. The Bertz CT molecular complexity index is 635. The molecule has 0 radical (unpaired) electrons. The summed E-state index contributed by atoms with van der Waals surface area (Å²) in [5, 5.41) is 0. The molecule has 0 spiro atoms. The Morgan fingerprint density at radius 2 is 1.73 bits per heavy atom. The number of isocyanates is 1. The van der Waals surface area contributed by atoms with Gasteiger partial charge in [0, 0.05) is 13.1 Å². The number of nitrogens with zero attached hydrogens (tertiary/aromatic N) is 2. The van der Waals surface area contributed by atoms with E-state index < -0.39 is 0 Å². The summed E-state index contributed by atoms with van der Waals surface area (Å²) in [6.45, 7) is 1.78. The summed E-state index contributed by atoms with van der Waals surface area (Å²) in [4.78, 5) is 17.1. The van der Waals surface area contributed by atoms with Crippen LogP contribution in [0.15, 0.2) is 65.7 Å². The fourth-order valence-electron chi connectivity index (χ4n) is 3.22. The Balaban J connectivity index is 1.73. The number of hydrogen-bond donors (Lipinski definition) is 0. The van der Waals surface area contributed by atoms with E-state index in [1.165, 1.54) is 11.1 Å². The number of piperidine rings is 1. The average Bonchev–Trinajstić information content (AvgIpc) is 2.58. The molecular formula is C19H20N2O. The van der Waals surface area contributed by atoms with Crippen LogP contribution in [0.25, 0.3) is 0 Å². The number of benzene rings is 2. The molecule has 0 saturated carbocycles. The molecule has 3 heteroatoms. The summed E-state index contributed by atoms with van der Waals surface area (Å²) in [5.74, 6) is 0.468. The minimum absolute atomic E-state index is 0.0725. The molecule has 1 aliphatic heterocycles. The number of hydrogen-bond acceptors (Lipinski definition) is 3. The van der Waals surface area contributed by atoms with Crippen molar-refractivity contribution in [2.75, 3.05) is 6.54 Å². The van der Waals surface area contributed by atoms with Crippen molar-refractivity contribution >= 4 is 6.08 Å². The van der Waals surface area contributed by atoms with Crippen LogP contribution in [0, 0.1) is 0 Å². The molecule has 2 atom stereocenters. The third-order valence-corrected chi connectivity index (χ3v) is 4.38. The van der Waals surface area contributed by atoms with Gasteiger partial charge in [0.05, 0.1) is 0 Å². The first kappa shape index (κ1) is 14.7. The van der Waals surface area contributed by atoms with Crippen molar-refractivity contribution in [3.05, 3.63) is 71.8 Å². The minimum Gasteiger partial charge on any atom is -0.277 e. The molecule has 2 aromatic rings. The van der Waals surface area contributed by atoms with Crippen LogP contribution in [0.5, 0.6) is 0 Å². The van der Waals surface area contributed by atoms with Crippen molar-refractivity contribution in [3.63, 3.8) is 0 Å². The van der Waals surface area contributed by atoms with Gasteiger partial charge in [-0.1, -0.05) is 60.7 Å². The third-order valence-electron chi connectivity index (χ3n) is 4.38. The predicted molar refractivity (Wildman–Crippen MR) is 87.2 cm³/mol. The highest BCUT2D eigenvalue weighted by atomic mass is 16.1. The van der Waals surface area contributed by atoms with Gasteiger partial charge in [-0.05, 0) is 29.9 Å². The van der Waals surface area contributed by atoms with Crippen molar-refractivity contribution in [1.82, 2.24) is 4.90 Å². The fourth-order valence-corrected chi connectivity index (χ4v) is 3.22. The maximum Gasteiger partial charge on any atom is 0.236 e. The highest BCUT2D eigenvalue weighted by molar-refractivity contribution is 5.34. The van der Waals surface area contributed by atoms with Crippen LogP contribution in [-0.2, 0) is 11.3 Å². The first-order valence-corrected chi connectivity index (χ1v) is 7.76. The van der Waals surface area contributed by atoms with Gasteiger partial charge in [-0.2, -0.15) is 4.99 Å². The van der Waals surface area contributed by atoms with Crippen LogP contribution in [0.2, 0.25) is 0 Å². The van der Waals surface area contributed by atoms with Gasteiger partial charge in [-0.25, -0.2) is 4.79 Å². The van der Waals surface area contributed by atoms with E-state index in [9.17, 15) is 4.79 Å². The van der Waals surface area contributed by atoms with Crippen LogP contribution in [0.1, 0.15) is 29.9 Å². The topological polar surface area (TPSA) is 32.7 Å². The second kappa shape index (κ2) is 7.17. The Morgan fingerprint density at radius 1 is 1.05 bits per heavy atom. The molecule has 3 rings (SSSR count). The first-order chi connectivity index (χ1) is 10.9. The molecular weight excluding hydrogens is 272 g/mol. The molecule has 112 valence electrons. The molecule has 22 heavy (non-hydrogen) atoms. The van der Waals surface area contributed by atoms with Crippen molar-refractivity contribution in [3.8, 4) is 0 Å². The van der Waals surface area contributed by atoms with E-state index >= 15 is 0 Å². The second-order valence-electron chi connectivity index (χ2n) is 5.79. The summed E-state index contributed by atoms with van der Waals surface area (Å²) >= 11 is 0. The van der Waals surface area contributed by atoms with Crippen molar-refractivity contribution in [2.45, 2.75) is 31.5 Å². The van der Waals surface area contributed by atoms with Crippen molar-refractivity contribution in [2.24, 2.45) is 4.99 Å². The molecule has 1 saturated heterocycles. The smallest absolute Gasteiger partial charge is 0.236 e. The lowest BCUT2D eigenvalue weighted by molar-refractivity contribution is 0.132. The summed E-state index contributed by atoms with van der Waals surface area (Å²) in [6, 6.07) is 20.9. The highest BCUT2D eigenvalue weighted by Crippen LogP contribution is 2.32. The molecule has 0 aromatic heterocycles. The second-order valence-corrected chi connectivity index (χ2v) is 5.79. The summed E-state index contributed by atoms with van der Waals surface area (Å²) in [5.41, 5.74) is 2.60.